The first kappa shape index (κ1) is 16.4. The quantitative estimate of drug-likeness (QED) is 0.851. The highest BCUT2D eigenvalue weighted by atomic mass is 35.5. The zero-order chi connectivity index (χ0) is 14.8. The van der Waals surface area contributed by atoms with Gasteiger partial charge in [0, 0.05) is 16.8 Å². The highest BCUT2D eigenvalue weighted by Crippen LogP contribution is 2.30. The summed E-state index contributed by atoms with van der Waals surface area (Å²) in [5, 5.41) is 9.73. The molecule has 0 radical (unpaired) electrons. The predicted octanol–water partition coefficient (Wildman–Crippen LogP) is 2.66. The summed E-state index contributed by atoms with van der Waals surface area (Å²) in [6, 6.07) is 2.75. The Hall–Kier alpha value is 0.0200. The molecule has 2 N–H and O–H groups in total. The number of thioether (sulfide) groups is 1. The van der Waals surface area contributed by atoms with E-state index in [0.29, 0.717) is 17.4 Å². The van der Waals surface area contributed by atoms with Crippen LogP contribution in [-0.4, -0.2) is 31.1 Å². The van der Waals surface area contributed by atoms with Crippen molar-refractivity contribution >= 4 is 45.0 Å². The van der Waals surface area contributed by atoms with Gasteiger partial charge >= 0.3 is 0 Å². The van der Waals surface area contributed by atoms with Gasteiger partial charge in [-0.05, 0) is 36.3 Å². The second-order valence-electron chi connectivity index (χ2n) is 4.52. The number of sulfonamides is 1. The lowest BCUT2D eigenvalue weighted by molar-refractivity contribution is 0.281. The molecule has 1 atom stereocenters. The van der Waals surface area contributed by atoms with Gasteiger partial charge in [0.1, 0.15) is 4.90 Å². The molecule has 0 amide bonds. The number of hydrogen-bond donors (Lipinski definition) is 2. The van der Waals surface area contributed by atoms with Gasteiger partial charge in [0.05, 0.1) is 11.6 Å². The third kappa shape index (κ3) is 3.81. The molecule has 1 aromatic carbocycles. The highest BCUT2D eigenvalue weighted by molar-refractivity contribution is 8.00. The number of benzene rings is 1. The summed E-state index contributed by atoms with van der Waals surface area (Å²) in [6.07, 6.45) is 2.13. The molecule has 112 valence electrons. The summed E-state index contributed by atoms with van der Waals surface area (Å²) in [5.74, 6) is 1.07. The van der Waals surface area contributed by atoms with Crippen molar-refractivity contribution in [3.63, 3.8) is 0 Å². The van der Waals surface area contributed by atoms with Gasteiger partial charge in [-0.1, -0.05) is 23.2 Å². The molecule has 2 rings (SSSR count). The third-order valence-corrected chi connectivity index (χ3v) is 6.69. The number of aliphatic hydroxyl groups is 1. The van der Waals surface area contributed by atoms with Crippen LogP contribution in [0.2, 0.25) is 10.0 Å². The Labute approximate surface area is 132 Å². The molecule has 20 heavy (non-hydrogen) atoms. The van der Waals surface area contributed by atoms with E-state index in [-0.39, 0.29) is 21.5 Å². The smallest absolute Gasteiger partial charge is 0.242 e. The largest absolute Gasteiger partial charge is 0.392 e. The first-order chi connectivity index (χ1) is 9.44. The molecule has 1 saturated heterocycles. The maximum atomic E-state index is 12.3. The molecule has 1 fully saturated rings. The molecule has 0 aliphatic carbocycles. The van der Waals surface area contributed by atoms with Crippen LogP contribution in [0, 0.1) is 0 Å². The van der Waals surface area contributed by atoms with Crippen LogP contribution >= 0.6 is 35.0 Å². The van der Waals surface area contributed by atoms with E-state index in [1.807, 2.05) is 0 Å². The predicted molar refractivity (Wildman–Crippen MR) is 83.1 cm³/mol. The summed E-state index contributed by atoms with van der Waals surface area (Å²) < 4.78 is 27.1. The van der Waals surface area contributed by atoms with Gasteiger partial charge in [-0.2, -0.15) is 11.8 Å². The number of aliphatic hydroxyl groups excluding tert-OH is 1. The van der Waals surface area contributed by atoms with Crippen LogP contribution in [0.25, 0.3) is 0 Å². The van der Waals surface area contributed by atoms with Gasteiger partial charge in [-0.25, -0.2) is 13.1 Å². The number of nitrogens with one attached hydrogen (secondary N) is 1. The molecule has 1 unspecified atom stereocenters. The SMILES string of the molecule is O=S(=O)(NCC1CCCS1)c1cc(Cl)cc(CO)c1Cl. The maximum Gasteiger partial charge on any atom is 0.242 e. The molecule has 0 spiro atoms. The number of halogens is 2. The topological polar surface area (TPSA) is 66.4 Å². The first-order valence-electron chi connectivity index (χ1n) is 6.14. The van der Waals surface area contributed by atoms with Crippen molar-refractivity contribution < 1.29 is 13.5 Å². The minimum atomic E-state index is -3.72. The summed E-state index contributed by atoms with van der Waals surface area (Å²) in [4.78, 5) is -0.0845. The molecule has 1 heterocycles. The lowest BCUT2D eigenvalue weighted by Crippen LogP contribution is -2.30. The molecular formula is C12H15Cl2NO3S2. The zero-order valence-corrected chi connectivity index (χ0v) is 13.7. The monoisotopic (exact) mass is 355 g/mol. The molecule has 0 aromatic heterocycles. The van der Waals surface area contributed by atoms with Crippen LogP contribution < -0.4 is 4.72 Å². The van der Waals surface area contributed by atoms with E-state index < -0.39 is 10.0 Å². The van der Waals surface area contributed by atoms with Crippen molar-refractivity contribution in [2.75, 3.05) is 12.3 Å². The van der Waals surface area contributed by atoms with E-state index in [2.05, 4.69) is 4.72 Å². The lowest BCUT2D eigenvalue weighted by Gasteiger charge is -2.13. The summed E-state index contributed by atoms with van der Waals surface area (Å²) in [7, 11) is -3.72. The maximum absolute atomic E-state index is 12.3. The fourth-order valence-corrected chi connectivity index (χ4v) is 5.33. The van der Waals surface area contributed by atoms with Crippen molar-refractivity contribution in [1.82, 2.24) is 4.72 Å². The second-order valence-corrected chi connectivity index (χ2v) is 8.48. The molecule has 1 aromatic rings. The Balaban J connectivity index is 2.22. The third-order valence-electron chi connectivity index (χ3n) is 3.06. The Morgan fingerprint density at radius 2 is 2.15 bits per heavy atom. The lowest BCUT2D eigenvalue weighted by atomic mass is 10.2. The number of hydrogen-bond acceptors (Lipinski definition) is 4. The van der Waals surface area contributed by atoms with Crippen molar-refractivity contribution in [3.05, 3.63) is 27.7 Å². The summed E-state index contributed by atoms with van der Waals surface area (Å²) >= 11 is 13.7. The second kappa shape index (κ2) is 6.85. The van der Waals surface area contributed by atoms with Crippen LogP contribution in [-0.2, 0) is 16.6 Å². The Bertz CT molecular complexity index is 587. The van der Waals surface area contributed by atoms with Crippen LogP contribution in [0.3, 0.4) is 0 Å². The fourth-order valence-electron chi connectivity index (χ4n) is 2.01. The fraction of sp³-hybridized carbons (Fsp3) is 0.500. The van der Waals surface area contributed by atoms with Gasteiger partial charge in [0.25, 0.3) is 0 Å². The van der Waals surface area contributed by atoms with E-state index in [4.69, 9.17) is 23.2 Å². The molecule has 1 aliphatic heterocycles. The average Bonchev–Trinajstić information content (AvgIpc) is 2.92. The van der Waals surface area contributed by atoms with Crippen LogP contribution in [0.4, 0.5) is 0 Å². The van der Waals surface area contributed by atoms with Crippen molar-refractivity contribution in [1.29, 1.82) is 0 Å². The van der Waals surface area contributed by atoms with Gasteiger partial charge in [0.2, 0.25) is 10.0 Å². The normalized spacial score (nSPS) is 19.4. The van der Waals surface area contributed by atoms with Crippen LogP contribution in [0.5, 0.6) is 0 Å². The average molecular weight is 356 g/mol. The van der Waals surface area contributed by atoms with E-state index in [1.165, 1.54) is 12.1 Å². The molecule has 1 aliphatic rings. The molecular weight excluding hydrogens is 341 g/mol. The van der Waals surface area contributed by atoms with Gasteiger partial charge < -0.3 is 5.11 Å². The van der Waals surface area contributed by atoms with Gasteiger partial charge in [-0.15, -0.1) is 0 Å². The molecule has 0 bridgehead atoms. The van der Waals surface area contributed by atoms with Crippen molar-refractivity contribution in [2.24, 2.45) is 0 Å². The minimum Gasteiger partial charge on any atom is -0.392 e. The highest BCUT2D eigenvalue weighted by Gasteiger charge is 2.23. The summed E-state index contributed by atoms with van der Waals surface area (Å²) in [5.41, 5.74) is 0.301. The van der Waals surface area contributed by atoms with Crippen LogP contribution in [0.1, 0.15) is 18.4 Å². The number of rotatable bonds is 5. The molecule has 8 heteroatoms. The minimum absolute atomic E-state index is 0.0171. The zero-order valence-electron chi connectivity index (χ0n) is 10.6. The standard InChI is InChI=1S/C12H15Cl2NO3S2/c13-9-4-8(7-16)12(14)11(5-9)20(17,18)15-6-10-2-1-3-19-10/h4-5,10,15-16H,1-3,6-7H2. The van der Waals surface area contributed by atoms with Gasteiger partial charge in [-0.3, -0.25) is 0 Å². The molecule has 0 saturated carbocycles. The van der Waals surface area contributed by atoms with E-state index in [9.17, 15) is 13.5 Å². The van der Waals surface area contributed by atoms with Crippen LogP contribution in [0.15, 0.2) is 17.0 Å². The summed E-state index contributed by atoms with van der Waals surface area (Å²) in [6.45, 7) is 0.0185. The van der Waals surface area contributed by atoms with Gasteiger partial charge in [0.15, 0.2) is 0 Å². The Kier molecular flexibility index (Phi) is 5.62. The van der Waals surface area contributed by atoms with E-state index in [0.717, 1.165) is 18.6 Å². The Morgan fingerprint density at radius 1 is 1.40 bits per heavy atom. The van der Waals surface area contributed by atoms with E-state index >= 15 is 0 Å². The molecule has 4 nitrogen and oxygen atoms in total. The van der Waals surface area contributed by atoms with E-state index in [1.54, 1.807) is 11.8 Å². The van der Waals surface area contributed by atoms with Crippen molar-refractivity contribution in [2.45, 2.75) is 29.6 Å². The first-order valence-corrected chi connectivity index (χ1v) is 9.43. The van der Waals surface area contributed by atoms with Crippen molar-refractivity contribution in [3.8, 4) is 0 Å². The Morgan fingerprint density at radius 3 is 2.75 bits per heavy atom.